The van der Waals surface area contributed by atoms with E-state index in [2.05, 4.69) is 20.2 Å². The summed E-state index contributed by atoms with van der Waals surface area (Å²) < 4.78 is 27.3. The van der Waals surface area contributed by atoms with Crippen LogP contribution in [0.4, 0.5) is 0 Å². The fourth-order valence-corrected chi connectivity index (χ4v) is 3.57. The first-order valence-corrected chi connectivity index (χ1v) is 10.0. The van der Waals surface area contributed by atoms with Crippen molar-refractivity contribution in [2.24, 2.45) is 0 Å². The zero-order valence-electron chi connectivity index (χ0n) is 13.2. The van der Waals surface area contributed by atoms with E-state index in [9.17, 15) is 8.42 Å². The second kappa shape index (κ2) is 8.77. The second-order valence-corrected chi connectivity index (χ2v) is 7.93. The molecule has 0 bridgehead atoms. The molecule has 8 heteroatoms. The van der Waals surface area contributed by atoms with Gasteiger partial charge in [0.15, 0.2) is 5.03 Å². The third-order valence-electron chi connectivity index (χ3n) is 3.04. The minimum atomic E-state index is -3.54. The van der Waals surface area contributed by atoms with E-state index in [0.717, 1.165) is 24.3 Å². The molecule has 6 nitrogen and oxygen atoms in total. The highest BCUT2D eigenvalue weighted by molar-refractivity contribution is 7.98. The third kappa shape index (κ3) is 5.98. The number of sulfonamides is 1. The van der Waals surface area contributed by atoms with Gasteiger partial charge < -0.3 is 5.32 Å². The van der Waals surface area contributed by atoms with Crippen LogP contribution in [0.5, 0.6) is 0 Å². The largest absolute Gasteiger partial charge is 0.310 e. The van der Waals surface area contributed by atoms with Gasteiger partial charge in [-0.25, -0.2) is 13.1 Å². The average Bonchev–Trinajstić information content (AvgIpc) is 2.78. The number of nitrogens with one attached hydrogen (secondary N) is 3. The molecule has 0 radical (unpaired) electrons. The van der Waals surface area contributed by atoms with E-state index < -0.39 is 10.0 Å². The zero-order chi connectivity index (χ0) is 15.9. The maximum Gasteiger partial charge on any atom is 0.260 e. The van der Waals surface area contributed by atoms with Crippen LogP contribution >= 0.6 is 11.8 Å². The molecule has 0 fully saturated rings. The van der Waals surface area contributed by atoms with Crippen molar-refractivity contribution in [3.8, 4) is 0 Å². The van der Waals surface area contributed by atoms with E-state index in [1.807, 2.05) is 27.0 Å². The minimum Gasteiger partial charge on any atom is -0.310 e. The molecule has 0 aromatic carbocycles. The Hall–Kier alpha value is -0.570. The van der Waals surface area contributed by atoms with Crippen molar-refractivity contribution < 1.29 is 8.42 Å². The number of hydrogen-bond acceptors (Lipinski definition) is 5. The number of aryl methyl sites for hydroxylation is 1. The van der Waals surface area contributed by atoms with Gasteiger partial charge in [-0.2, -0.15) is 16.9 Å². The molecule has 0 saturated carbocycles. The molecule has 1 rings (SSSR count). The SMILES string of the molecule is CSCCCCNS(=O)(=O)c1n[nH]c(C)c1CNC(C)C. The van der Waals surface area contributed by atoms with Crippen molar-refractivity contribution in [2.45, 2.75) is 51.2 Å². The van der Waals surface area contributed by atoms with Crippen LogP contribution in [0.25, 0.3) is 0 Å². The number of H-pyrrole nitrogens is 1. The summed E-state index contributed by atoms with van der Waals surface area (Å²) in [6.07, 6.45) is 3.89. The van der Waals surface area contributed by atoms with Gasteiger partial charge in [-0.3, -0.25) is 5.10 Å². The molecular formula is C13H26N4O2S2. The fraction of sp³-hybridized carbons (Fsp3) is 0.769. The van der Waals surface area contributed by atoms with E-state index in [0.29, 0.717) is 18.7 Å². The van der Waals surface area contributed by atoms with Gasteiger partial charge in [-0.05, 0) is 31.8 Å². The van der Waals surface area contributed by atoms with Crippen molar-refractivity contribution in [1.29, 1.82) is 0 Å². The maximum atomic E-state index is 12.3. The lowest BCUT2D eigenvalue weighted by atomic mass is 10.2. The van der Waals surface area contributed by atoms with Crippen molar-refractivity contribution in [1.82, 2.24) is 20.2 Å². The molecule has 0 aliphatic carbocycles. The molecule has 0 spiro atoms. The van der Waals surface area contributed by atoms with Gasteiger partial charge >= 0.3 is 0 Å². The smallest absolute Gasteiger partial charge is 0.260 e. The van der Waals surface area contributed by atoms with Crippen LogP contribution in [0.2, 0.25) is 0 Å². The maximum absolute atomic E-state index is 12.3. The van der Waals surface area contributed by atoms with Crippen LogP contribution in [0.3, 0.4) is 0 Å². The summed E-state index contributed by atoms with van der Waals surface area (Å²) in [4.78, 5) is 0. The van der Waals surface area contributed by atoms with Gasteiger partial charge in [-0.15, -0.1) is 0 Å². The van der Waals surface area contributed by atoms with Crippen LogP contribution in [0.15, 0.2) is 5.03 Å². The van der Waals surface area contributed by atoms with Gasteiger partial charge in [-0.1, -0.05) is 13.8 Å². The third-order valence-corrected chi connectivity index (χ3v) is 5.17. The topological polar surface area (TPSA) is 86.9 Å². The molecule has 0 unspecified atom stereocenters. The van der Waals surface area contributed by atoms with E-state index in [-0.39, 0.29) is 11.1 Å². The number of hydrogen-bond donors (Lipinski definition) is 3. The number of thioether (sulfide) groups is 1. The molecule has 0 aliphatic heterocycles. The van der Waals surface area contributed by atoms with Crippen LogP contribution in [-0.2, 0) is 16.6 Å². The first kappa shape index (κ1) is 18.5. The van der Waals surface area contributed by atoms with Gasteiger partial charge in [0.1, 0.15) is 0 Å². The Balaban J connectivity index is 2.69. The number of nitrogens with zero attached hydrogens (tertiary/aromatic N) is 1. The lowest BCUT2D eigenvalue weighted by Crippen LogP contribution is -2.28. The summed E-state index contributed by atoms with van der Waals surface area (Å²) >= 11 is 1.77. The van der Waals surface area contributed by atoms with Crippen molar-refractivity contribution in [3.05, 3.63) is 11.3 Å². The number of aromatic amines is 1. The summed E-state index contributed by atoms with van der Waals surface area (Å²) in [7, 11) is -3.54. The van der Waals surface area contributed by atoms with Gasteiger partial charge in [0.05, 0.1) is 0 Å². The molecule has 122 valence electrons. The molecule has 0 atom stereocenters. The molecule has 0 saturated heterocycles. The van der Waals surface area contributed by atoms with Crippen molar-refractivity contribution >= 4 is 21.8 Å². The predicted molar refractivity (Wildman–Crippen MR) is 88.1 cm³/mol. The molecule has 0 aliphatic rings. The Morgan fingerprint density at radius 1 is 1.33 bits per heavy atom. The standard InChI is InChI=1S/C13H26N4O2S2/c1-10(2)14-9-12-11(3)16-17-13(12)21(18,19)15-7-5-6-8-20-4/h10,14-15H,5-9H2,1-4H3,(H,16,17). The Morgan fingerprint density at radius 3 is 2.67 bits per heavy atom. The summed E-state index contributed by atoms with van der Waals surface area (Å²) in [6, 6.07) is 0.286. The highest BCUT2D eigenvalue weighted by Crippen LogP contribution is 2.16. The summed E-state index contributed by atoms with van der Waals surface area (Å²) in [6.45, 7) is 6.82. The average molecular weight is 335 g/mol. The van der Waals surface area contributed by atoms with Gasteiger partial charge in [0.2, 0.25) is 0 Å². The normalized spacial score (nSPS) is 12.2. The number of aromatic nitrogens is 2. The first-order chi connectivity index (χ1) is 9.88. The molecule has 21 heavy (non-hydrogen) atoms. The number of rotatable bonds is 10. The Bertz CT molecular complexity index is 526. The molecule has 1 heterocycles. The van der Waals surface area contributed by atoms with E-state index in [1.54, 1.807) is 11.8 Å². The zero-order valence-corrected chi connectivity index (χ0v) is 14.8. The van der Waals surface area contributed by atoms with E-state index in [4.69, 9.17) is 0 Å². The molecule has 3 N–H and O–H groups in total. The highest BCUT2D eigenvalue weighted by Gasteiger charge is 2.23. The van der Waals surface area contributed by atoms with Crippen molar-refractivity contribution in [3.63, 3.8) is 0 Å². The van der Waals surface area contributed by atoms with Crippen LogP contribution in [0.1, 0.15) is 37.9 Å². The molecule has 0 amide bonds. The molecule has 1 aromatic rings. The Morgan fingerprint density at radius 2 is 2.05 bits per heavy atom. The quantitative estimate of drug-likeness (QED) is 0.566. The summed E-state index contributed by atoms with van der Waals surface area (Å²) in [5.41, 5.74) is 1.49. The highest BCUT2D eigenvalue weighted by atomic mass is 32.2. The lowest BCUT2D eigenvalue weighted by Gasteiger charge is -2.10. The summed E-state index contributed by atoms with van der Waals surface area (Å²) in [5.74, 6) is 1.05. The van der Waals surface area contributed by atoms with Crippen LogP contribution in [0, 0.1) is 6.92 Å². The van der Waals surface area contributed by atoms with E-state index >= 15 is 0 Å². The fourth-order valence-electron chi connectivity index (χ4n) is 1.81. The molecule has 1 aromatic heterocycles. The Kier molecular flexibility index (Phi) is 7.72. The van der Waals surface area contributed by atoms with Crippen molar-refractivity contribution in [2.75, 3.05) is 18.6 Å². The number of unbranched alkanes of at least 4 members (excludes halogenated alkanes) is 1. The minimum absolute atomic E-state index is 0.109. The van der Waals surface area contributed by atoms with Gasteiger partial charge in [0.25, 0.3) is 10.0 Å². The lowest BCUT2D eigenvalue weighted by molar-refractivity contribution is 0.562. The van der Waals surface area contributed by atoms with Crippen LogP contribution < -0.4 is 10.0 Å². The summed E-state index contributed by atoms with van der Waals surface area (Å²) in [5, 5.41) is 10.1. The second-order valence-electron chi connectivity index (χ2n) is 5.27. The van der Waals surface area contributed by atoms with Gasteiger partial charge in [0, 0.05) is 30.4 Å². The van der Waals surface area contributed by atoms with E-state index in [1.165, 1.54) is 0 Å². The Labute approximate surface area is 131 Å². The first-order valence-electron chi connectivity index (χ1n) is 7.14. The predicted octanol–water partition coefficient (Wildman–Crippen LogP) is 1.64. The molecular weight excluding hydrogens is 308 g/mol. The van der Waals surface area contributed by atoms with Crippen LogP contribution in [-0.4, -0.2) is 43.2 Å². The monoisotopic (exact) mass is 334 g/mol.